The molecule has 0 aromatic carbocycles. The first-order chi connectivity index (χ1) is 2.91. The molecule has 0 heterocycles. The SMILES string of the molecule is N=CNCC[S]. The summed E-state index contributed by atoms with van der Waals surface area (Å²) in [5.74, 6) is 0.676. The van der Waals surface area contributed by atoms with Gasteiger partial charge in [-0.05, 0) is 0 Å². The van der Waals surface area contributed by atoms with Crippen LogP contribution < -0.4 is 5.32 Å². The average molecular weight is 103 g/mol. The van der Waals surface area contributed by atoms with Gasteiger partial charge in [0, 0.05) is 12.3 Å². The lowest BCUT2D eigenvalue weighted by Gasteiger charge is -1.87. The van der Waals surface area contributed by atoms with E-state index < -0.39 is 0 Å². The molecule has 6 heavy (non-hydrogen) atoms. The first-order valence-electron chi connectivity index (χ1n) is 1.72. The lowest BCUT2D eigenvalue weighted by Crippen LogP contribution is -2.12. The summed E-state index contributed by atoms with van der Waals surface area (Å²) >= 11 is 4.55. The second-order valence-corrected chi connectivity index (χ2v) is 1.21. The zero-order chi connectivity index (χ0) is 4.83. The molecule has 0 bridgehead atoms. The predicted molar refractivity (Wildman–Crippen MR) is 29.2 cm³/mol. The molecule has 0 aromatic rings. The normalized spacial score (nSPS) is 7.50. The van der Waals surface area contributed by atoms with Gasteiger partial charge in [0.05, 0.1) is 6.34 Å². The molecule has 0 saturated carbocycles. The summed E-state index contributed by atoms with van der Waals surface area (Å²) in [6, 6.07) is 0. The Labute approximate surface area is 42.9 Å². The largest absolute Gasteiger partial charge is 0.376 e. The number of hydrogen-bond donors (Lipinski definition) is 2. The first kappa shape index (κ1) is 5.82. The van der Waals surface area contributed by atoms with Gasteiger partial charge >= 0.3 is 0 Å². The van der Waals surface area contributed by atoms with E-state index in [4.69, 9.17) is 5.41 Å². The molecule has 1 radical (unpaired) electrons. The van der Waals surface area contributed by atoms with E-state index in [1.807, 2.05) is 0 Å². The van der Waals surface area contributed by atoms with Crippen molar-refractivity contribution in [2.24, 2.45) is 0 Å². The minimum atomic E-state index is 0.676. The van der Waals surface area contributed by atoms with Crippen molar-refractivity contribution >= 4 is 19.0 Å². The van der Waals surface area contributed by atoms with Crippen LogP contribution >= 0.6 is 12.6 Å². The Bertz CT molecular complexity index is 37.8. The molecule has 2 N–H and O–H groups in total. The number of nitrogens with one attached hydrogen (secondary N) is 2. The van der Waals surface area contributed by atoms with E-state index >= 15 is 0 Å². The third kappa shape index (κ3) is 3.82. The molecule has 35 valence electrons. The fourth-order valence-electron chi connectivity index (χ4n) is 0.131. The molecule has 0 aromatic heterocycles. The van der Waals surface area contributed by atoms with E-state index in [-0.39, 0.29) is 0 Å². The third-order valence-corrected chi connectivity index (χ3v) is 0.553. The van der Waals surface area contributed by atoms with Gasteiger partial charge in [-0.25, -0.2) is 0 Å². The van der Waals surface area contributed by atoms with Crippen LogP contribution in [0.3, 0.4) is 0 Å². The van der Waals surface area contributed by atoms with E-state index in [1.165, 1.54) is 0 Å². The maximum Gasteiger partial charge on any atom is 0.0791 e. The highest BCUT2D eigenvalue weighted by Gasteiger charge is 1.69. The van der Waals surface area contributed by atoms with Crippen molar-refractivity contribution in [3.63, 3.8) is 0 Å². The average Bonchev–Trinajstić information content (AvgIpc) is 1.61. The van der Waals surface area contributed by atoms with E-state index in [2.05, 4.69) is 17.9 Å². The van der Waals surface area contributed by atoms with Crippen LogP contribution in [0.2, 0.25) is 0 Å². The van der Waals surface area contributed by atoms with E-state index in [9.17, 15) is 0 Å². The molecule has 0 fully saturated rings. The van der Waals surface area contributed by atoms with Crippen LogP contribution in [0, 0.1) is 5.41 Å². The van der Waals surface area contributed by atoms with Crippen molar-refractivity contribution in [1.82, 2.24) is 5.32 Å². The lowest BCUT2D eigenvalue weighted by molar-refractivity contribution is 0.995. The summed E-state index contributed by atoms with van der Waals surface area (Å²) in [5, 5.41) is 9.06. The van der Waals surface area contributed by atoms with E-state index in [0.717, 1.165) is 12.9 Å². The van der Waals surface area contributed by atoms with Gasteiger partial charge in [0.1, 0.15) is 0 Å². The maximum atomic E-state index is 6.42. The number of hydrogen-bond acceptors (Lipinski definition) is 1. The molecular weight excluding hydrogens is 96.1 g/mol. The van der Waals surface area contributed by atoms with Crippen LogP contribution in [-0.2, 0) is 0 Å². The highest BCUT2D eigenvalue weighted by atomic mass is 32.1. The Morgan fingerprint density at radius 1 is 1.83 bits per heavy atom. The highest BCUT2D eigenvalue weighted by molar-refractivity contribution is 7.80. The van der Waals surface area contributed by atoms with Crippen molar-refractivity contribution in [3.8, 4) is 0 Å². The quantitative estimate of drug-likeness (QED) is 0.302. The smallest absolute Gasteiger partial charge is 0.0791 e. The summed E-state index contributed by atoms with van der Waals surface area (Å²) < 4.78 is 0. The minimum Gasteiger partial charge on any atom is -0.376 e. The molecule has 3 heteroatoms. The molecule has 2 nitrogen and oxygen atoms in total. The maximum absolute atomic E-state index is 6.42. The van der Waals surface area contributed by atoms with Crippen LogP contribution in [0.1, 0.15) is 0 Å². The molecule has 0 rings (SSSR count). The second kappa shape index (κ2) is 4.82. The molecule has 0 aliphatic heterocycles. The molecule has 0 amide bonds. The van der Waals surface area contributed by atoms with Crippen molar-refractivity contribution in [1.29, 1.82) is 5.41 Å². The van der Waals surface area contributed by atoms with Gasteiger partial charge in [0.2, 0.25) is 0 Å². The molecule has 0 spiro atoms. The Morgan fingerprint density at radius 3 is 2.67 bits per heavy atom. The van der Waals surface area contributed by atoms with Crippen molar-refractivity contribution in [2.75, 3.05) is 12.3 Å². The summed E-state index contributed by atoms with van der Waals surface area (Å²) in [6.45, 7) is 0.735. The van der Waals surface area contributed by atoms with Crippen molar-refractivity contribution < 1.29 is 0 Å². The van der Waals surface area contributed by atoms with Crippen LogP contribution in [0.5, 0.6) is 0 Å². The summed E-state index contributed by atoms with van der Waals surface area (Å²) in [4.78, 5) is 0. The summed E-state index contributed by atoms with van der Waals surface area (Å²) in [7, 11) is 0. The van der Waals surface area contributed by atoms with Gasteiger partial charge in [-0.15, -0.1) is 0 Å². The zero-order valence-electron chi connectivity index (χ0n) is 3.40. The van der Waals surface area contributed by atoms with Crippen molar-refractivity contribution in [3.05, 3.63) is 0 Å². The molecule has 0 aliphatic rings. The minimum absolute atomic E-state index is 0.676. The Kier molecular flexibility index (Phi) is 4.68. The lowest BCUT2D eigenvalue weighted by atomic mass is 10.8. The summed E-state index contributed by atoms with van der Waals surface area (Å²) in [6.07, 6.45) is 1.15. The van der Waals surface area contributed by atoms with Gasteiger partial charge in [-0.1, -0.05) is 12.6 Å². The molecule has 0 aliphatic carbocycles. The van der Waals surface area contributed by atoms with Crippen LogP contribution in [0.4, 0.5) is 0 Å². The van der Waals surface area contributed by atoms with Gasteiger partial charge in [0.15, 0.2) is 0 Å². The fraction of sp³-hybridized carbons (Fsp3) is 0.667. The van der Waals surface area contributed by atoms with E-state index in [1.54, 1.807) is 0 Å². The van der Waals surface area contributed by atoms with Gasteiger partial charge in [-0.2, -0.15) is 0 Å². The van der Waals surface area contributed by atoms with Gasteiger partial charge in [0.25, 0.3) is 0 Å². The van der Waals surface area contributed by atoms with Gasteiger partial charge < -0.3 is 5.32 Å². The zero-order valence-corrected chi connectivity index (χ0v) is 4.22. The Morgan fingerprint density at radius 2 is 2.50 bits per heavy atom. The van der Waals surface area contributed by atoms with Gasteiger partial charge in [-0.3, -0.25) is 5.41 Å². The molecule has 0 saturated heterocycles. The fourth-order valence-corrected chi connectivity index (χ4v) is 0.249. The van der Waals surface area contributed by atoms with E-state index in [0.29, 0.717) is 5.75 Å². The molecular formula is C3H7N2S. The highest BCUT2D eigenvalue weighted by Crippen LogP contribution is 1.63. The Hall–Kier alpha value is -0.180. The Balaban J connectivity index is 2.49. The van der Waals surface area contributed by atoms with Crippen LogP contribution in [-0.4, -0.2) is 18.6 Å². The van der Waals surface area contributed by atoms with Crippen LogP contribution in [0.15, 0.2) is 0 Å². The molecule has 0 atom stereocenters. The third-order valence-electron chi connectivity index (χ3n) is 0.348. The predicted octanol–water partition coefficient (Wildman–Crippen LogP) is 0.381. The monoisotopic (exact) mass is 103 g/mol. The number of rotatable bonds is 3. The molecule has 0 unspecified atom stereocenters. The standard InChI is InChI=1S/C3H7N2S/c4-3-5-1-2-6/h3H,1-2H2,(H2,4,5). The summed E-state index contributed by atoms with van der Waals surface area (Å²) in [5.41, 5.74) is 0. The second-order valence-electron chi connectivity index (χ2n) is 0.803. The first-order valence-corrected chi connectivity index (χ1v) is 2.30. The topological polar surface area (TPSA) is 35.9 Å². The van der Waals surface area contributed by atoms with Crippen molar-refractivity contribution in [2.45, 2.75) is 0 Å². The van der Waals surface area contributed by atoms with Crippen LogP contribution in [0.25, 0.3) is 0 Å².